The molecular weight excluding hydrogens is 250 g/mol. The number of anilines is 1. The second-order valence-electron chi connectivity index (χ2n) is 4.39. The number of carbonyl (C=O) groups excluding carboxylic acids is 1. The number of hydrogen-bond donors (Lipinski definition) is 1. The van der Waals surface area contributed by atoms with E-state index in [0.717, 1.165) is 25.9 Å². The van der Waals surface area contributed by atoms with E-state index in [0.29, 0.717) is 10.6 Å². The molecule has 18 heavy (non-hydrogen) atoms. The van der Waals surface area contributed by atoms with Crippen LogP contribution < -0.4 is 5.73 Å². The first kappa shape index (κ1) is 13.0. The lowest BCUT2D eigenvalue weighted by Crippen LogP contribution is -2.37. The molecule has 6 heteroatoms. The first-order chi connectivity index (χ1) is 8.61. The van der Waals surface area contributed by atoms with Gasteiger partial charge in [-0.05, 0) is 25.8 Å². The Morgan fingerprint density at radius 2 is 2.17 bits per heavy atom. The molecule has 2 N–H and O–H groups in total. The summed E-state index contributed by atoms with van der Waals surface area (Å²) in [7, 11) is -1.42. The van der Waals surface area contributed by atoms with Crippen molar-refractivity contribution < 1.29 is 9.00 Å². The molecule has 2 rings (SSSR count). The summed E-state index contributed by atoms with van der Waals surface area (Å²) < 4.78 is 12.3. The highest BCUT2D eigenvalue weighted by Gasteiger charge is 2.28. The molecule has 0 aliphatic carbocycles. The molecule has 2 unspecified atom stereocenters. The average Bonchev–Trinajstić information content (AvgIpc) is 2.90. The molecule has 0 radical (unpaired) electrons. The van der Waals surface area contributed by atoms with Crippen molar-refractivity contribution in [3.8, 4) is 0 Å². The Kier molecular flexibility index (Phi) is 3.96. The van der Waals surface area contributed by atoms with Gasteiger partial charge in [-0.2, -0.15) is 0 Å². The predicted molar refractivity (Wildman–Crippen MR) is 70.3 cm³/mol. The molecule has 2 atom stereocenters. The molecule has 1 fully saturated rings. The molecule has 0 spiro atoms. The third kappa shape index (κ3) is 2.53. The van der Waals surface area contributed by atoms with E-state index in [1.54, 1.807) is 17.9 Å². The quantitative estimate of drug-likeness (QED) is 0.878. The number of nitrogens with zero attached hydrogens (tertiary/aromatic N) is 2. The Bertz CT molecular complexity index is 472. The summed E-state index contributed by atoms with van der Waals surface area (Å²) in [4.78, 5) is 18.3. The number of likely N-dealkylation sites (tertiary alicyclic amines) is 1. The Balaban J connectivity index is 2.13. The minimum Gasteiger partial charge on any atom is -0.396 e. The van der Waals surface area contributed by atoms with Gasteiger partial charge in [-0.15, -0.1) is 0 Å². The molecule has 5 nitrogen and oxygen atoms in total. The number of nitrogen functional groups attached to an aromatic ring is 1. The number of amides is 1. The zero-order valence-corrected chi connectivity index (χ0v) is 11.2. The van der Waals surface area contributed by atoms with Gasteiger partial charge in [0.1, 0.15) is 5.25 Å². The van der Waals surface area contributed by atoms with Crippen molar-refractivity contribution in [1.82, 2.24) is 9.88 Å². The number of carbonyl (C=O) groups is 1. The van der Waals surface area contributed by atoms with Gasteiger partial charge in [0.25, 0.3) is 0 Å². The molecule has 1 aliphatic heterocycles. The number of rotatable bonds is 3. The Labute approximate surface area is 109 Å². The van der Waals surface area contributed by atoms with Crippen LogP contribution in [0, 0.1) is 0 Å². The Morgan fingerprint density at radius 3 is 2.78 bits per heavy atom. The van der Waals surface area contributed by atoms with Gasteiger partial charge in [0.15, 0.2) is 0 Å². The van der Waals surface area contributed by atoms with Crippen molar-refractivity contribution in [3.63, 3.8) is 0 Å². The number of hydrogen-bond acceptors (Lipinski definition) is 4. The second kappa shape index (κ2) is 5.48. The van der Waals surface area contributed by atoms with Gasteiger partial charge in [-0.25, -0.2) is 0 Å². The molecule has 0 aromatic carbocycles. The molecule has 1 aromatic heterocycles. The van der Waals surface area contributed by atoms with E-state index in [4.69, 9.17) is 5.73 Å². The van der Waals surface area contributed by atoms with Crippen LogP contribution in [0.15, 0.2) is 23.4 Å². The molecule has 2 heterocycles. The van der Waals surface area contributed by atoms with Gasteiger partial charge in [0, 0.05) is 19.3 Å². The predicted octanol–water partition coefficient (Wildman–Crippen LogP) is 0.782. The van der Waals surface area contributed by atoms with E-state index >= 15 is 0 Å². The van der Waals surface area contributed by atoms with E-state index in [1.807, 2.05) is 0 Å². The molecule has 1 saturated heterocycles. The fourth-order valence-electron chi connectivity index (χ4n) is 2.05. The highest BCUT2D eigenvalue weighted by atomic mass is 32.2. The average molecular weight is 267 g/mol. The minimum atomic E-state index is -1.42. The maximum absolute atomic E-state index is 12.3. The maximum Gasteiger partial charge on any atom is 0.238 e. The Hall–Kier alpha value is -1.43. The smallest absolute Gasteiger partial charge is 0.238 e. The van der Waals surface area contributed by atoms with E-state index in [2.05, 4.69) is 4.98 Å². The summed E-state index contributed by atoms with van der Waals surface area (Å²) in [5.41, 5.74) is 6.10. The van der Waals surface area contributed by atoms with Crippen LogP contribution in [-0.2, 0) is 15.6 Å². The SMILES string of the molecule is CC(C(=O)N1CCCC1)S(=O)c1ccncc1N. The lowest BCUT2D eigenvalue weighted by atomic mass is 10.4. The van der Waals surface area contributed by atoms with Crippen LogP contribution in [0.2, 0.25) is 0 Å². The molecule has 1 aromatic rings. The molecule has 1 amide bonds. The first-order valence-electron chi connectivity index (χ1n) is 6.00. The van der Waals surface area contributed by atoms with Gasteiger partial charge in [-0.1, -0.05) is 0 Å². The van der Waals surface area contributed by atoms with Crippen molar-refractivity contribution in [2.45, 2.75) is 29.9 Å². The van der Waals surface area contributed by atoms with Crippen molar-refractivity contribution in [2.75, 3.05) is 18.8 Å². The first-order valence-corrected chi connectivity index (χ1v) is 7.21. The molecule has 0 bridgehead atoms. The number of nitrogens with two attached hydrogens (primary N) is 1. The van der Waals surface area contributed by atoms with Gasteiger partial charge in [0.05, 0.1) is 27.6 Å². The van der Waals surface area contributed by atoms with E-state index in [1.165, 1.54) is 12.4 Å². The Morgan fingerprint density at radius 1 is 1.50 bits per heavy atom. The topological polar surface area (TPSA) is 76.3 Å². The largest absolute Gasteiger partial charge is 0.396 e. The van der Waals surface area contributed by atoms with Gasteiger partial charge < -0.3 is 10.6 Å². The highest BCUT2D eigenvalue weighted by molar-refractivity contribution is 7.86. The van der Waals surface area contributed by atoms with Gasteiger partial charge in [0.2, 0.25) is 5.91 Å². The van der Waals surface area contributed by atoms with Crippen molar-refractivity contribution in [2.24, 2.45) is 0 Å². The molecule has 98 valence electrons. The highest BCUT2D eigenvalue weighted by Crippen LogP contribution is 2.20. The standard InChI is InChI=1S/C12H17N3O2S/c1-9(12(16)15-6-2-3-7-15)18(17)11-4-5-14-8-10(11)13/h4-5,8-9H,2-3,6-7,13H2,1H3. The van der Waals surface area contributed by atoms with Crippen molar-refractivity contribution in [3.05, 3.63) is 18.5 Å². The van der Waals surface area contributed by atoms with Gasteiger partial charge in [-0.3, -0.25) is 14.0 Å². The van der Waals surface area contributed by atoms with Crippen LogP contribution in [0.4, 0.5) is 5.69 Å². The van der Waals surface area contributed by atoms with Crippen LogP contribution >= 0.6 is 0 Å². The summed E-state index contributed by atoms with van der Waals surface area (Å²) in [5.74, 6) is -0.0537. The number of pyridine rings is 1. The zero-order valence-electron chi connectivity index (χ0n) is 10.3. The summed E-state index contributed by atoms with van der Waals surface area (Å²) in [6.07, 6.45) is 5.06. The third-order valence-corrected chi connectivity index (χ3v) is 4.76. The van der Waals surface area contributed by atoms with E-state index in [-0.39, 0.29) is 5.91 Å². The lowest BCUT2D eigenvalue weighted by Gasteiger charge is -2.20. The third-order valence-electron chi connectivity index (χ3n) is 3.11. The number of aromatic nitrogens is 1. The van der Waals surface area contributed by atoms with Crippen LogP contribution in [0.3, 0.4) is 0 Å². The molecular formula is C12H17N3O2S. The maximum atomic E-state index is 12.3. The summed E-state index contributed by atoms with van der Waals surface area (Å²) in [6.45, 7) is 3.23. The second-order valence-corrected chi connectivity index (χ2v) is 6.13. The fraction of sp³-hybridized carbons (Fsp3) is 0.500. The monoisotopic (exact) mass is 267 g/mol. The zero-order chi connectivity index (χ0) is 13.1. The normalized spacial score (nSPS) is 18.6. The van der Waals surface area contributed by atoms with Crippen LogP contribution in [0.25, 0.3) is 0 Å². The lowest BCUT2D eigenvalue weighted by molar-refractivity contribution is -0.129. The minimum absolute atomic E-state index is 0.0537. The summed E-state index contributed by atoms with van der Waals surface area (Å²) >= 11 is 0. The van der Waals surface area contributed by atoms with Crippen molar-refractivity contribution in [1.29, 1.82) is 0 Å². The van der Waals surface area contributed by atoms with Crippen LogP contribution in [0.5, 0.6) is 0 Å². The fourth-order valence-corrected chi connectivity index (χ4v) is 3.25. The molecule has 0 saturated carbocycles. The van der Waals surface area contributed by atoms with Crippen LogP contribution in [-0.4, -0.2) is 38.3 Å². The van der Waals surface area contributed by atoms with E-state index < -0.39 is 16.0 Å². The molecule has 1 aliphatic rings. The van der Waals surface area contributed by atoms with Crippen LogP contribution in [0.1, 0.15) is 19.8 Å². The van der Waals surface area contributed by atoms with E-state index in [9.17, 15) is 9.00 Å². The van der Waals surface area contributed by atoms with Gasteiger partial charge >= 0.3 is 0 Å². The summed E-state index contributed by atoms with van der Waals surface area (Å²) in [6, 6.07) is 1.61. The van der Waals surface area contributed by atoms with Crippen molar-refractivity contribution >= 4 is 22.4 Å². The summed E-state index contributed by atoms with van der Waals surface area (Å²) in [5, 5.41) is -0.562.